The highest BCUT2D eigenvalue weighted by Gasteiger charge is 2.15. The van der Waals surface area contributed by atoms with E-state index in [0.29, 0.717) is 22.6 Å². The average Bonchev–Trinajstić information content (AvgIpc) is 2.65. The average molecular weight is 345 g/mol. The zero-order valence-corrected chi connectivity index (χ0v) is 14.6. The summed E-state index contributed by atoms with van der Waals surface area (Å²) in [4.78, 5) is 29.2. The van der Waals surface area contributed by atoms with Gasteiger partial charge in [-0.15, -0.1) is 0 Å². The fraction of sp³-hybridized carbons (Fsp3) is 0.0952. The molecule has 0 atom stereocenters. The highest BCUT2D eigenvalue weighted by molar-refractivity contribution is 6.12. The molecular weight excluding hydrogens is 326 g/mol. The van der Waals surface area contributed by atoms with Gasteiger partial charge < -0.3 is 10.6 Å². The van der Waals surface area contributed by atoms with Gasteiger partial charge in [0.2, 0.25) is 0 Å². The van der Waals surface area contributed by atoms with Crippen molar-refractivity contribution in [1.29, 1.82) is 0 Å². The minimum Gasteiger partial charge on any atom is -0.321 e. The Balaban J connectivity index is 1.81. The summed E-state index contributed by atoms with van der Waals surface area (Å²) in [5.74, 6) is -0.140. The Morgan fingerprint density at radius 1 is 0.808 bits per heavy atom. The van der Waals surface area contributed by atoms with E-state index in [1.54, 1.807) is 54.7 Å². The largest absolute Gasteiger partial charge is 0.321 e. The number of rotatable bonds is 4. The number of pyridine rings is 1. The Morgan fingerprint density at radius 3 is 2.31 bits per heavy atom. The molecule has 1 aromatic heterocycles. The van der Waals surface area contributed by atoms with E-state index in [1.807, 2.05) is 26.0 Å². The lowest BCUT2D eigenvalue weighted by Crippen LogP contribution is -2.18. The van der Waals surface area contributed by atoms with Crippen LogP contribution in [0.5, 0.6) is 0 Å². The van der Waals surface area contributed by atoms with Gasteiger partial charge in [0.1, 0.15) is 5.82 Å². The highest BCUT2D eigenvalue weighted by atomic mass is 16.2. The van der Waals surface area contributed by atoms with Crippen molar-refractivity contribution in [3.8, 4) is 0 Å². The fourth-order valence-corrected chi connectivity index (χ4v) is 2.49. The number of anilines is 2. The first-order valence-corrected chi connectivity index (χ1v) is 8.24. The maximum atomic E-state index is 12.6. The molecule has 3 aromatic rings. The number of carbonyl (C=O) groups excluding carboxylic acids is 2. The van der Waals surface area contributed by atoms with Crippen molar-refractivity contribution < 1.29 is 9.59 Å². The second-order valence-electron chi connectivity index (χ2n) is 5.97. The molecule has 3 rings (SSSR count). The van der Waals surface area contributed by atoms with E-state index in [1.165, 1.54) is 0 Å². The predicted octanol–water partition coefficient (Wildman–Crippen LogP) is 4.20. The monoisotopic (exact) mass is 345 g/mol. The summed E-state index contributed by atoms with van der Waals surface area (Å²) < 4.78 is 0. The number of hydrogen-bond donors (Lipinski definition) is 2. The molecule has 5 nitrogen and oxygen atoms in total. The van der Waals surface area contributed by atoms with Crippen molar-refractivity contribution in [3.05, 3.63) is 89.1 Å². The van der Waals surface area contributed by atoms with E-state index in [9.17, 15) is 9.59 Å². The summed E-state index contributed by atoms with van der Waals surface area (Å²) in [5.41, 5.74) is 3.53. The molecule has 5 heteroatoms. The van der Waals surface area contributed by atoms with Crippen molar-refractivity contribution in [2.45, 2.75) is 13.8 Å². The molecule has 130 valence electrons. The van der Waals surface area contributed by atoms with Crippen molar-refractivity contribution in [2.75, 3.05) is 10.6 Å². The molecule has 2 aromatic carbocycles. The van der Waals surface area contributed by atoms with Gasteiger partial charge in [-0.2, -0.15) is 0 Å². The first kappa shape index (κ1) is 17.4. The minimum absolute atomic E-state index is 0.258. The maximum absolute atomic E-state index is 12.6. The lowest BCUT2D eigenvalue weighted by atomic mass is 10.1. The number of aromatic nitrogens is 1. The van der Waals surface area contributed by atoms with Crippen LogP contribution in [0.3, 0.4) is 0 Å². The molecule has 0 aliphatic rings. The second kappa shape index (κ2) is 7.61. The summed E-state index contributed by atoms with van der Waals surface area (Å²) in [7, 11) is 0. The van der Waals surface area contributed by atoms with Crippen molar-refractivity contribution >= 4 is 23.3 Å². The fourth-order valence-electron chi connectivity index (χ4n) is 2.49. The molecule has 0 radical (unpaired) electrons. The Bertz CT molecular complexity index is 952. The van der Waals surface area contributed by atoms with Crippen LogP contribution in [0, 0.1) is 13.8 Å². The van der Waals surface area contributed by atoms with Gasteiger partial charge in [-0.25, -0.2) is 4.98 Å². The number of carbonyl (C=O) groups is 2. The summed E-state index contributed by atoms with van der Waals surface area (Å²) in [6, 6.07) is 17.7. The van der Waals surface area contributed by atoms with Crippen molar-refractivity contribution in [2.24, 2.45) is 0 Å². The molecule has 0 aliphatic carbocycles. The van der Waals surface area contributed by atoms with Gasteiger partial charge in [-0.05, 0) is 61.4 Å². The van der Waals surface area contributed by atoms with Gasteiger partial charge in [0, 0.05) is 11.8 Å². The van der Waals surface area contributed by atoms with Crippen LogP contribution in [0.25, 0.3) is 0 Å². The zero-order valence-electron chi connectivity index (χ0n) is 14.6. The number of hydrogen-bond acceptors (Lipinski definition) is 3. The Kier molecular flexibility index (Phi) is 5.08. The highest BCUT2D eigenvalue weighted by Crippen LogP contribution is 2.18. The SMILES string of the molecule is Cc1ccc(C(=O)Nc2ccccc2C(=O)Nc2ccccn2)cc1C. The van der Waals surface area contributed by atoms with Crippen molar-refractivity contribution in [3.63, 3.8) is 0 Å². The molecule has 26 heavy (non-hydrogen) atoms. The molecule has 0 bridgehead atoms. The van der Waals surface area contributed by atoms with E-state index in [4.69, 9.17) is 0 Å². The second-order valence-corrected chi connectivity index (χ2v) is 5.97. The van der Waals surface area contributed by atoms with E-state index >= 15 is 0 Å². The summed E-state index contributed by atoms with van der Waals surface area (Å²) in [6.45, 7) is 3.95. The lowest BCUT2D eigenvalue weighted by Gasteiger charge is -2.12. The van der Waals surface area contributed by atoms with Gasteiger partial charge >= 0.3 is 0 Å². The van der Waals surface area contributed by atoms with Crippen LogP contribution in [-0.2, 0) is 0 Å². The Morgan fingerprint density at radius 2 is 1.58 bits per heavy atom. The molecule has 0 saturated carbocycles. The van der Waals surface area contributed by atoms with E-state index in [0.717, 1.165) is 11.1 Å². The smallest absolute Gasteiger partial charge is 0.258 e. The van der Waals surface area contributed by atoms with Gasteiger partial charge in [0.25, 0.3) is 11.8 Å². The normalized spacial score (nSPS) is 10.2. The van der Waals surface area contributed by atoms with E-state index < -0.39 is 0 Å². The molecule has 0 spiro atoms. The number of para-hydroxylation sites is 1. The number of amides is 2. The molecule has 0 aliphatic heterocycles. The van der Waals surface area contributed by atoms with Crippen LogP contribution >= 0.6 is 0 Å². The number of benzene rings is 2. The third kappa shape index (κ3) is 3.95. The number of nitrogens with zero attached hydrogens (tertiary/aromatic N) is 1. The quantitative estimate of drug-likeness (QED) is 0.744. The summed E-state index contributed by atoms with van der Waals surface area (Å²) >= 11 is 0. The maximum Gasteiger partial charge on any atom is 0.258 e. The van der Waals surface area contributed by atoms with Crippen LogP contribution in [0.4, 0.5) is 11.5 Å². The van der Waals surface area contributed by atoms with Crippen LogP contribution < -0.4 is 10.6 Å². The molecule has 2 N–H and O–H groups in total. The Labute approximate surface area is 152 Å². The van der Waals surface area contributed by atoms with Gasteiger partial charge in [-0.3, -0.25) is 9.59 Å². The van der Waals surface area contributed by atoms with E-state index in [-0.39, 0.29) is 11.8 Å². The van der Waals surface area contributed by atoms with E-state index in [2.05, 4.69) is 15.6 Å². The third-order valence-electron chi connectivity index (χ3n) is 4.10. The molecule has 0 unspecified atom stereocenters. The topological polar surface area (TPSA) is 71.1 Å². The zero-order chi connectivity index (χ0) is 18.5. The molecule has 1 heterocycles. The van der Waals surface area contributed by atoms with Gasteiger partial charge in [0.05, 0.1) is 11.3 Å². The number of aryl methyl sites for hydroxylation is 2. The van der Waals surface area contributed by atoms with Crippen LogP contribution in [0.1, 0.15) is 31.8 Å². The summed E-state index contributed by atoms with van der Waals surface area (Å²) in [5, 5.41) is 5.55. The van der Waals surface area contributed by atoms with Gasteiger partial charge in [-0.1, -0.05) is 24.3 Å². The van der Waals surface area contributed by atoms with Crippen LogP contribution in [-0.4, -0.2) is 16.8 Å². The summed E-state index contributed by atoms with van der Waals surface area (Å²) in [6.07, 6.45) is 1.60. The molecule has 0 fully saturated rings. The van der Waals surface area contributed by atoms with Crippen LogP contribution in [0.2, 0.25) is 0 Å². The standard InChI is InChI=1S/C21H19N3O2/c1-14-10-11-16(13-15(14)2)20(25)23-18-8-4-3-7-17(18)21(26)24-19-9-5-6-12-22-19/h3-13H,1-2H3,(H,23,25)(H,22,24,26). The molecule has 2 amide bonds. The molecular formula is C21H19N3O2. The first-order valence-electron chi connectivity index (χ1n) is 8.24. The van der Waals surface area contributed by atoms with Gasteiger partial charge in [0.15, 0.2) is 0 Å². The number of nitrogens with one attached hydrogen (secondary N) is 2. The lowest BCUT2D eigenvalue weighted by molar-refractivity contribution is 0.102. The predicted molar refractivity (Wildman–Crippen MR) is 103 cm³/mol. The minimum atomic E-state index is -0.334. The third-order valence-corrected chi connectivity index (χ3v) is 4.10. The van der Waals surface area contributed by atoms with Crippen LogP contribution in [0.15, 0.2) is 66.9 Å². The molecule has 0 saturated heterocycles. The first-order chi connectivity index (χ1) is 12.5. The van der Waals surface area contributed by atoms with Crippen molar-refractivity contribution in [1.82, 2.24) is 4.98 Å². The Hall–Kier alpha value is -3.47.